The SMILES string of the molecule is c1ccc2c(c1)ccc1c2c2ccc3c4ccccc4sc3c2n1-c1ccc(-c2ccc3sc4ccccc4c3c2)cc1. The van der Waals surface area contributed by atoms with E-state index in [1.54, 1.807) is 0 Å². The fourth-order valence-corrected chi connectivity index (χ4v) is 9.35. The summed E-state index contributed by atoms with van der Waals surface area (Å²) in [5, 5.41) is 10.5. The first-order chi connectivity index (χ1) is 21.3. The van der Waals surface area contributed by atoms with Crippen LogP contribution in [0, 0.1) is 0 Å². The summed E-state index contributed by atoms with van der Waals surface area (Å²) < 4.78 is 7.85. The Morgan fingerprint density at radius 3 is 1.91 bits per heavy atom. The smallest absolute Gasteiger partial charge is 0.0719 e. The van der Waals surface area contributed by atoms with Gasteiger partial charge >= 0.3 is 0 Å². The molecule has 43 heavy (non-hydrogen) atoms. The topological polar surface area (TPSA) is 4.93 Å². The number of rotatable bonds is 2. The van der Waals surface area contributed by atoms with Crippen LogP contribution in [-0.2, 0) is 0 Å². The molecule has 0 unspecified atom stereocenters. The van der Waals surface area contributed by atoms with Crippen LogP contribution in [0.25, 0.3) is 89.7 Å². The monoisotopic (exact) mass is 581 g/mol. The van der Waals surface area contributed by atoms with Crippen LogP contribution in [0.15, 0.2) is 140 Å². The van der Waals surface area contributed by atoms with Crippen molar-refractivity contribution in [2.45, 2.75) is 0 Å². The molecule has 0 atom stereocenters. The lowest BCUT2D eigenvalue weighted by molar-refractivity contribution is 1.19. The van der Waals surface area contributed by atoms with E-state index in [4.69, 9.17) is 0 Å². The van der Waals surface area contributed by atoms with E-state index in [0.717, 1.165) is 0 Å². The van der Waals surface area contributed by atoms with Crippen LogP contribution in [-0.4, -0.2) is 4.57 Å². The van der Waals surface area contributed by atoms with Crippen LogP contribution in [0.1, 0.15) is 0 Å². The Labute approximate surface area is 255 Å². The van der Waals surface area contributed by atoms with Crippen molar-refractivity contribution in [3.63, 3.8) is 0 Å². The van der Waals surface area contributed by atoms with E-state index in [-0.39, 0.29) is 0 Å². The van der Waals surface area contributed by atoms with Crippen molar-refractivity contribution in [1.29, 1.82) is 0 Å². The summed E-state index contributed by atoms with van der Waals surface area (Å²) in [7, 11) is 0. The third-order valence-electron chi connectivity index (χ3n) is 9.00. The number of thiophene rings is 2. The zero-order valence-corrected chi connectivity index (χ0v) is 24.7. The van der Waals surface area contributed by atoms with Crippen molar-refractivity contribution < 1.29 is 0 Å². The Balaban J connectivity index is 1.24. The Hall–Kier alpha value is -4.96. The highest BCUT2D eigenvalue weighted by atomic mass is 32.1. The second kappa shape index (κ2) is 8.78. The normalized spacial score (nSPS) is 12.2. The first kappa shape index (κ1) is 23.6. The van der Waals surface area contributed by atoms with Crippen molar-refractivity contribution in [2.24, 2.45) is 0 Å². The molecule has 0 saturated carbocycles. The summed E-state index contributed by atoms with van der Waals surface area (Å²) in [5.74, 6) is 0. The van der Waals surface area contributed by atoms with Crippen LogP contribution in [0.5, 0.6) is 0 Å². The standard InChI is InChI=1S/C40H23NS2/c1-2-8-28-25(7-1)15-21-34-38(28)32-20-19-31-29-9-3-6-12-36(29)43-40(31)39(32)41(34)27-17-13-24(14-18-27)26-16-22-37-33(23-26)30-10-4-5-11-35(30)42-37/h1-23H. The second-order valence-electron chi connectivity index (χ2n) is 11.3. The molecule has 0 spiro atoms. The molecule has 1 nitrogen and oxygen atoms in total. The van der Waals surface area contributed by atoms with Gasteiger partial charge in [-0.25, -0.2) is 0 Å². The maximum Gasteiger partial charge on any atom is 0.0719 e. The molecule has 10 rings (SSSR count). The quantitative estimate of drug-likeness (QED) is 0.191. The Morgan fingerprint density at radius 2 is 1.07 bits per heavy atom. The van der Waals surface area contributed by atoms with Gasteiger partial charge in [0.1, 0.15) is 0 Å². The van der Waals surface area contributed by atoms with E-state index >= 15 is 0 Å². The highest BCUT2D eigenvalue weighted by molar-refractivity contribution is 7.26. The van der Waals surface area contributed by atoms with Crippen LogP contribution in [0.4, 0.5) is 0 Å². The minimum absolute atomic E-state index is 1.19. The summed E-state index contributed by atoms with van der Waals surface area (Å²) in [4.78, 5) is 0. The van der Waals surface area contributed by atoms with Gasteiger partial charge in [0, 0.05) is 52.1 Å². The highest BCUT2D eigenvalue weighted by Crippen LogP contribution is 2.45. The van der Waals surface area contributed by atoms with Gasteiger partial charge in [-0.15, -0.1) is 22.7 Å². The van der Waals surface area contributed by atoms with Crippen LogP contribution < -0.4 is 0 Å². The van der Waals surface area contributed by atoms with Crippen LogP contribution >= 0.6 is 22.7 Å². The van der Waals surface area contributed by atoms with Gasteiger partial charge in [0.05, 0.1) is 15.7 Å². The van der Waals surface area contributed by atoms with Gasteiger partial charge in [-0.3, -0.25) is 0 Å². The lowest BCUT2D eigenvalue weighted by atomic mass is 10.0. The van der Waals surface area contributed by atoms with Gasteiger partial charge in [0.2, 0.25) is 0 Å². The molecule has 0 saturated heterocycles. The molecule has 0 radical (unpaired) electrons. The molecule has 0 N–H and O–H groups in total. The number of benzene rings is 7. The van der Waals surface area contributed by atoms with E-state index in [2.05, 4.69) is 144 Å². The summed E-state index contributed by atoms with van der Waals surface area (Å²) in [5.41, 5.74) is 6.22. The molecular formula is C40H23NS2. The van der Waals surface area contributed by atoms with Gasteiger partial charge in [0.15, 0.2) is 0 Å². The second-order valence-corrected chi connectivity index (χ2v) is 13.4. The number of fused-ring (bicyclic) bond motifs is 12. The lowest BCUT2D eigenvalue weighted by Gasteiger charge is -2.10. The fourth-order valence-electron chi connectivity index (χ4n) is 7.03. The predicted octanol–water partition coefficient (Wildman–Crippen LogP) is 12.3. The molecule has 0 amide bonds. The zero-order valence-electron chi connectivity index (χ0n) is 23.0. The van der Waals surface area contributed by atoms with Crippen LogP contribution in [0.2, 0.25) is 0 Å². The molecule has 7 aromatic carbocycles. The molecule has 0 bridgehead atoms. The molecule has 200 valence electrons. The van der Waals surface area contributed by atoms with E-state index < -0.39 is 0 Å². The summed E-state index contributed by atoms with van der Waals surface area (Å²) in [6.07, 6.45) is 0. The van der Waals surface area contributed by atoms with E-state index in [9.17, 15) is 0 Å². The Kier molecular flexibility index (Phi) is 4.81. The number of nitrogens with zero attached hydrogens (tertiary/aromatic N) is 1. The maximum atomic E-state index is 2.49. The Bertz CT molecular complexity index is 2720. The maximum absolute atomic E-state index is 2.49. The van der Waals surface area contributed by atoms with Gasteiger partial charge in [-0.2, -0.15) is 0 Å². The lowest BCUT2D eigenvalue weighted by Crippen LogP contribution is -1.94. The molecule has 3 aromatic heterocycles. The Morgan fingerprint density at radius 1 is 0.419 bits per heavy atom. The van der Waals surface area contributed by atoms with E-state index in [1.165, 1.54) is 89.7 Å². The van der Waals surface area contributed by atoms with E-state index in [1.807, 2.05) is 22.7 Å². The average molecular weight is 582 g/mol. The first-order valence-corrected chi connectivity index (χ1v) is 16.2. The molecular weight excluding hydrogens is 559 g/mol. The molecule has 0 aliphatic heterocycles. The minimum atomic E-state index is 1.19. The summed E-state index contributed by atoms with van der Waals surface area (Å²) in [6.45, 7) is 0. The number of hydrogen-bond donors (Lipinski definition) is 0. The van der Waals surface area contributed by atoms with Gasteiger partial charge in [-0.05, 0) is 64.4 Å². The highest BCUT2D eigenvalue weighted by Gasteiger charge is 2.19. The van der Waals surface area contributed by atoms with E-state index in [0.29, 0.717) is 0 Å². The minimum Gasteiger partial charge on any atom is -0.308 e. The van der Waals surface area contributed by atoms with Gasteiger partial charge < -0.3 is 4.57 Å². The van der Waals surface area contributed by atoms with Crippen LogP contribution in [0.3, 0.4) is 0 Å². The average Bonchev–Trinajstić information content (AvgIpc) is 3.74. The van der Waals surface area contributed by atoms with Crippen molar-refractivity contribution >= 4 is 95.6 Å². The zero-order chi connectivity index (χ0) is 28.1. The molecule has 10 aromatic rings. The molecule has 3 heterocycles. The third-order valence-corrected chi connectivity index (χ3v) is 11.3. The van der Waals surface area contributed by atoms with Gasteiger partial charge in [-0.1, -0.05) is 97.1 Å². The number of aromatic nitrogens is 1. The van der Waals surface area contributed by atoms with Crippen molar-refractivity contribution in [1.82, 2.24) is 4.57 Å². The summed E-state index contributed by atoms with van der Waals surface area (Å²) >= 11 is 3.77. The fraction of sp³-hybridized carbons (Fsp3) is 0. The predicted molar refractivity (Wildman–Crippen MR) is 190 cm³/mol. The number of hydrogen-bond acceptors (Lipinski definition) is 2. The van der Waals surface area contributed by atoms with Crippen molar-refractivity contribution in [2.75, 3.05) is 0 Å². The molecule has 3 heteroatoms. The first-order valence-electron chi connectivity index (χ1n) is 14.6. The van der Waals surface area contributed by atoms with Gasteiger partial charge in [0.25, 0.3) is 0 Å². The molecule has 0 aliphatic carbocycles. The molecule has 0 aliphatic rings. The van der Waals surface area contributed by atoms with Crippen molar-refractivity contribution in [3.8, 4) is 16.8 Å². The molecule has 0 fully saturated rings. The third kappa shape index (κ3) is 3.32. The van der Waals surface area contributed by atoms with Crippen molar-refractivity contribution in [3.05, 3.63) is 140 Å². The largest absolute Gasteiger partial charge is 0.308 e. The summed E-state index contributed by atoms with van der Waals surface area (Å²) in [6, 6.07) is 51.6.